The molecule has 0 spiro atoms. The molecule has 1 aromatic heterocycles. The van der Waals surface area contributed by atoms with Crippen LogP contribution in [0.3, 0.4) is 0 Å². The molecule has 0 radical (unpaired) electrons. The van der Waals surface area contributed by atoms with Crippen LogP contribution >= 0.6 is 11.6 Å². The summed E-state index contributed by atoms with van der Waals surface area (Å²) < 4.78 is 5.38. The second-order valence-corrected chi connectivity index (χ2v) is 5.60. The van der Waals surface area contributed by atoms with Crippen molar-refractivity contribution in [1.29, 1.82) is 0 Å². The zero-order valence-corrected chi connectivity index (χ0v) is 12.2. The van der Waals surface area contributed by atoms with Gasteiger partial charge in [-0.1, -0.05) is 22.8 Å². The van der Waals surface area contributed by atoms with Gasteiger partial charge in [-0.05, 0) is 37.1 Å². The van der Waals surface area contributed by atoms with Crippen molar-refractivity contribution in [3.05, 3.63) is 53.7 Å². The van der Waals surface area contributed by atoms with Gasteiger partial charge in [-0.3, -0.25) is 4.79 Å². The van der Waals surface area contributed by atoms with Crippen molar-refractivity contribution in [1.82, 2.24) is 10.5 Å². The average molecular weight is 303 g/mol. The molecule has 0 bridgehead atoms. The van der Waals surface area contributed by atoms with Gasteiger partial charge in [0.1, 0.15) is 0 Å². The Bertz CT molecular complexity index is 672. The molecule has 2 aromatic rings. The Morgan fingerprint density at radius 3 is 2.76 bits per heavy atom. The van der Waals surface area contributed by atoms with Crippen molar-refractivity contribution >= 4 is 17.5 Å². The van der Waals surface area contributed by atoms with Crippen molar-refractivity contribution in [2.45, 2.75) is 18.3 Å². The minimum atomic E-state index is -0.531. The van der Waals surface area contributed by atoms with Crippen molar-refractivity contribution in [2.75, 3.05) is 6.54 Å². The lowest BCUT2D eigenvalue weighted by atomic mass is 10.0. The predicted octanol–water partition coefficient (Wildman–Crippen LogP) is 3.33. The molecular weight excluding hydrogens is 288 g/mol. The number of aromatic nitrogens is 1. The fourth-order valence-electron chi connectivity index (χ4n) is 2.31. The molecule has 1 aliphatic rings. The lowest BCUT2D eigenvalue weighted by molar-refractivity contribution is -0.123. The summed E-state index contributed by atoms with van der Waals surface area (Å²) in [6.45, 7) is 4.06. The van der Waals surface area contributed by atoms with E-state index in [4.69, 9.17) is 16.1 Å². The number of amides is 1. The first-order chi connectivity index (χ1) is 10.2. The Kier molecular flexibility index (Phi) is 3.55. The largest absolute Gasteiger partial charge is 0.356 e. The molecule has 0 saturated heterocycles. The molecule has 1 amide bonds. The van der Waals surface area contributed by atoms with E-state index in [0.717, 1.165) is 18.4 Å². The van der Waals surface area contributed by atoms with Crippen LogP contribution in [0.25, 0.3) is 11.3 Å². The van der Waals surface area contributed by atoms with Gasteiger partial charge in [0.15, 0.2) is 5.76 Å². The van der Waals surface area contributed by atoms with Crippen LogP contribution in [-0.4, -0.2) is 17.6 Å². The first kappa shape index (κ1) is 13.9. The number of nitrogens with zero attached hydrogens (tertiary/aromatic N) is 1. The third-order valence-electron chi connectivity index (χ3n) is 3.72. The van der Waals surface area contributed by atoms with Crippen molar-refractivity contribution in [3.8, 4) is 11.3 Å². The van der Waals surface area contributed by atoms with Crippen molar-refractivity contribution in [2.24, 2.45) is 0 Å². The number of halogens is 1. The van der Waals surface area contributed by atoms with Crippen LogP contribution in [0, 0.1) is 0 Å². The third kappa shape index (κ3) is 2.59. The van der Waals surface area contributed by atoms with E-state index < -0.39 is 5.41 Å². The molecule has 0 aliphatic heterocycles. The maximum atomic E-state index is 12.2. The molecule has 5 heteroatoms. The number of hydrogen-bond acceptors (Lipinski definition) is 3. The van der Waals surface area contributed by atoms with Crippen LogP contribution in [0.2, 0.25) is 5.02 Å². The SMILES string of the molecule is C=CCNC(=O)C1(c2cc(-c3ccc(Cl)cc3)on2)CC1. The van der Waals surface area contributed by atoms with E-state index in [-0.39, 0.29) is 5.91 Å². The quantitative estimate of drug-likeness (QED) is 0.862. The van der Waals surface area contributed by atoms with Gasteiger partial charge < -0.3 is 9.84 Å². The van der Waals surface area contributed by atoms with Gasteiger partial charge in [0.2, 0.25) is 5.91 Å². The molecule has 1 heterocycles. The summed E-state index contributed by atoms with van der Waals surface area (Å²) in [7, 11) is 0. The van der Waals surface area contributed by atoms with Gasteiger partial charge >= 0.3 is 0 Å². The van der Waals surface area contributed by atoms with Crippen molar-refractivity contribution in [3.63, 3.8) is 0 Å². The van der Waals surface area contributed by atoms with E-state index in [1.54, 1.807) is 18.2 Å². The molecular formula is C16H15ClN2O2. The summed E-state index contributed by atoms with van der Waals surface area (Å²) in [5.41, 5.74) is 1.05. The first-order valence-corrected chi connectivity index (χ1v) is 7.16. The summed E-state index contributed by atoms with van der Waals surface area (Å²) in [4.78, 5) is 12.2. The monoisotopic (exact) mass is 302 g/mol. The summed E-state index contributed by atoms with van der Waals surface area (Å²) in [6, 6.07) is 9.16. The van der Waals surface area contributed by atoms with Gasteiger partial charge in [-0.25, -0.2) is 0 Å². The van der Waals surface area contributed by atoms with Gasteiger partial charge in [-0.2, -0.15) is 0 Å². The highest BCUT2D eigenvalue weighted by Gasteiger charge is 2.53. The molecule has 0 atom stereocenters. The number of carbonyl (C=O) groups excluding carboxylic acids is 1. The molecule has 4 nitrogen and oxygen atoms in total. The number of benzene rings is 1. The summed E-state index contributed by atoms with van der Waals surface area (Å²) in [5.74, 6) is 0.628. The fraction of sp³-hybridized carbons (Fsp3) is 0.250. The van der Waals surface area contributed by atoms with E-state index in [1.165, 1.54) is 0 Å². The highest BCUT2D eigenvalue weighted by atomic mass is 35.5. The highest BCUT2D eigenvalue weighted by Crippen LogP contribution is 2.48. The minimum absolute atomic E-state index is 0.0154. The molecule has 108 valence electrons. The maximum absolute atomic E-state index is 12.2. The van der Waals surface area contributed by atoms with E-state index in [9.17, 15) is 4.79 Å². The van der Waals surface area contributed by atoms with Gasteiger partial charge in [0.05, 0.1) is 11.1 Å². The van der Waals surface area contributed by atoms with Gasteiger partial charge in [0, 0.05) is 23.2 Å². The van der Waals surface area contributed by atoms with Crippen LogP contribution in [0.5, 0.6) is 0 Å². The Morgan fingerprint density at radius 2 is 2.14 bits per heavy atom. The smallest absolute Gasteiger partial charge is 0.232 e. The standard InChI is InChI=1S/C16H15ClN2O2/c1-2-9-18-15(20)16(7-8-16)14-10-13(21-19-14)11-3-5-12(17)6-4-11/h2-6,10H,1,7-9H2,(H,18,20). The molecule has 1 N–H and O–H groups in total. The molecule has 21 heavy (non-hydrogen) atoms. The third-order valence-corrected chi connectivity index (χ3v) is 3.97. The van der Waals surface area contributed by atoms with E-state index in [1.807, 2.05) is 18.2 Å². The number of carbonyl (C=O) groups is 1. The zero-order chi connectivity index (χ0) is 14.9. The van der Waals surface area contributed by atoms with Crippen molar-refractivity contribution < 1.29 is 9.32 Å². The molecule has 1 aromatic carbocycles. The minimum Gasteiger partial charge on any atom is -0.356 e. The lowest BCUT2D eigenvalue weighted by Crippen LogP contribution is -2.34. The Balaban J connectivity index is 1.83. The fourth-order valence-corrected chi connectivity index (χ4v) is 2.44. The van der Waals surface area contributed by atoms with Gasteiger partial charge in [-0.15, -0.1) is 6.58 Å². The average Bonchev–Trinajstić information content (AvgIpc) is 3.16. The maximum Gasteiger partial charge on any atom is 0.232 e. The van der Waals surface area contributed by atoms with Crippen LogP contribution in [0.4, 0.5) is 0 Å². The molecule has 1 saturated carbocycles. The normalized spacial score (nSPS) is 15.5. The second kappa shape index (κ2) is 5.37. The molecule has 1 aliphatic carbocycles. The Hall–Kier alpha value is -2.07. The molecule has 1 fully saturated rings. The van der Waals surface area contributed by atoms with E-state index in [2.05, 4.69) is 17.1 Å². The second-order valence-electron chi connectivity index (χ2n) is 5.16. The predicted molar refractivity (Wildman–Crippen MR) is 81.1 cm³/mol. The Morgan fingerprint density at radius 1 is 1.43 bits per heavy atom. The zero-order valence-electron chi connectivity index (χ0n) is 11.4. The number of rotatable bonds is 5. The lowest BCUT2D eigenvalue weighted by Gasteiger charge is -2.10. The summed E-state index contributed by atoms with van der Waals surface area (Å²) in [6.07, 6.45) is 3.25. The van der Waals surface area contributed by atoms with Crippen LogP contribution in [-0.2, 0) is 10.2 Å². The molecule has 3 rings (SSSR count). The topological polar surface area (TPSA) is 55.1 Å². The van der Waals surface area contributed by atoms with E-state index >= 15 is 0 Å². The Labute approximate surface area is 127 Å². The van der Waals surface area contributed by atoms with E-state index in [0.29, 0.717) is 23.0 Å². The summed E-state index contributed by atoms with van der Waals surface area (Å²) in [5, 5.41) is 7.59. The summed E-state index contributed by atoms with van der Waals surface area (Å²) >= 11 is 5.87. The number of hydrogen-bond donors (Lipinski definition) is 1. The van der Waals surface area contributed by atoms with Gasteiger partial charge in [0.25, 0.3) is 0 Å². The van der Waals surface area contributed by atoms with Crippen LogP contribution in [0.15, 0.2) is 47.5 Å². The van der Waals surface area contributed by atoms with Crippen LogP contribution < -0.4 is 5.32 Å². The van der Waals surface area contributed by atoms with Crippen LogP contribution in [0.1, 0.15) is 18.5 Å². The first-order valence-electron chi connectivity index (χ1n) is 6.78. The molecule has 0 unspecified atom stereocenters. The highest BCUT2D eigenvalue weighted by molar-refractivity contribution is 6.30. The number of nitrogens with one attached hydrogen (secondary N) is 1.